The van der Waals surface area contributed by atoms with Crippen LogP contribution < -0.4 is 5.14 Å². The predicted octanol–water partition coefficient (Wildman–Crippen LogP) is 1.13. The SMILES string of the molecule is NS(=O)(=O)c1cc(N=O)cc(N=O)c1. The van der Waals surface area contributed by atoms with Gasteiger partial charge < -0.3 is 0 Å². The molecule has 0 amide bonds. The number of hydrogen-bond donors (Lipinski definition) is 1. The topological polar surface area (TPSA) is 119 Å². The number of nitrogens with two attached hydrogens (primary N) is 1. The van der Waals surface area contributed by atoms with Gasteiger partial charge in [-0.05, 0) is 28.6 Å². The van der Waals surface area contributed by atoms with E-state index in [0.29, 0.717) is 0 Å². The molecule has 1 aromatic carbocycles. The van der Waals surface area contributed by atoms with Gasteiger partial charge in [0.05, 0.1) is 4.90 Å². The summed E-state index contributed by atoms with van der Waals surface area (Å²) in [4.78, 5) is 19.9. The molecule has 0 heterocycles. The van der Waals surface area contributed by atoms with Gasteiger partial charge >= 0.3 is 0 Å². The van der Waals surface area contributed by atoms with E-state index in [9.17, 15) is 18.2 Å². The van der Waals surface area contributed by atoms with Crippen molar-refractivity contribution in [1.29, 1.82) is 0 Å². The molecule has 0 aliphatic rings. The summed E-state index contributed by atoms with van der Waals surface area (Å²) < 4.78 is 21.7. The Balaban J connectivity index is 3.46. The minimum atomic E-state index is -3.97. The van der Waals surface area contributed by atoms with Gasteiger partial charge in [0.1, 0.15) is 11.4 Å². The Bertz CT molecular complexity index is 456. The Kier molecular flexibility index (Phi) is 2.68. The number of sulfonamides is 1. The zero-order valence-corrected chi connectivity index (χ0v) is 7.56. The molecule has 0 atom stereocenters. The van der Waals surface area contributed by atoms with Crippen LogP contribution in [0.25, 0.3) is 0 Å². The molecule has 74 valence electrons. The molecule has 2 N–H and O–H groups in total. The molecular formula is C6H5N3O4S. The lowest BCUT2D eigenvalue weighted by atomic mass is 10.3. The van der Waals surface area contributed by atoms with Gasteiger partial charge in [-0.25, -0.2) is 13.6 Å². The average molecular weight is 215 g/mol. The summed E-state index contributed by atoms with van der Waals surface area (Å²) in [6, 6.07) is 2.96. The van der Waals surface area contributed by atoms with Crippen LogP contribution in [0.3, 0.4) is 0 Å². The van der Waals surface area contributed by atoms with Crippen molar-refractivity contribution in [2.24, 2.45) is 15.5 Å². The minimum Gasteiger partial charge on any atom is -0.225 e. The summed E-state index contributed by atoms with van der Waals surface area (Å²) in [7, 11) is -3.97. The second kappa shape index (κ2) is 3.60. The Morgan fingerprint density at radius 1 is 1.00 bits per heavy atom. The van der Waals surface area contributed by atoms with Crippen molar-refractivity contribution in [3.8, 4) is 0 Å². The van der Waals surface area contributed by atoms with E-state index in [2.05, 4.69) is 10.4 Å². The molecule has 0 fully saturated rings. The van der Waals surface area contributed by atoms with Crippen LogP contribution in [0.15, 0.2) is 33.4 Å². The van der Waals surface area contributed by atoms with Crippen molar-refractivity contribution in [2.75, 3.05) is 0 Å². The van der Waals surface area contributed by atoms with Crippen LogP contribution in [0, 0.1) is 9.81 Å². The van der Waals surface area contributed by atoms with Gasteiger partial charge in [-0.1, -0.05) is 0 Å². The molecule has 14 heavy (non-hydrogen) atoms. The summed E-state index contributed by atoms with van der Waals surface area (Å²) in [5, 5.41) is 9.76. The normalized spacial score (nSPS) is 10.9. The molecule has 8 heteroatoms. The van der Waals surface area contributed by atoms with Gasteiger partial charge in [0.2, 0.25) is 10.0 Å². The highest BCUT2D eigenvalue weighted by atomic mass is 32.2. The molecule has 0 saturated heterocycles. The van der Waals surface area contributed by atoms with E-state index >= 15 is 0 Å². The number of benzene rings is 1. The van der Waals surface area contributed by atoms with Crippen molar-refractivity contribution >= 4 is 21.4 Å². The largest absolute Gasteiger partial charge is 0.238 e. The molecular weight excluding hydrogens is 210 g/mol. The molecule has 0 radical (unpaired) electrons. The molecule has 0 aromatic heterocycles. The highest BCUT2D eigenvalue weighted by molar-refractivity contribution is 7.89. The van der Waals surface area contributed by atoms with E-state index in [1.807, 2.05) is 0 Å². The first-order valence-electron chi connectivity index (χ1n) is 3.32. The van der Waals surface area contributed by atoms with E-state index in [4.69, 9.17) is 5.14 Å². The zero-order valence-electron chi connectivity index (χ0n) is 6.75. The van der Waals surface area contributed by atoms with Crippen molar-refractivity contribution in [3.63, 3.8) is 0 Å². The molecule has 0 bridgehead atoms. The Morgan fingerprint density at radius 3 is 1.71 bits per heavy atom. The molecule has 0 aliphatic heterocycles. The first kappa shape index (κ1) is 10.4. The first-order valence-corrected chi connectivity index (χ1v) is 4.86. The molecule has 7 nitrogen and oxygen atoms in total. The second-order valence-electron chi connectivity index (χ2n) is 2.41. The third-order valence-corrected chi connectivity index (χ3v) is 2.31. The molecule has 0 aliphatic carbocycles. The smallest absolute Gasteiger partial charge is 0.225 e. The Morgan fingerprint density at radius 2 is 1.43 bits per heavy atom. The van der Waals surface area contributed by atoms with Crippen LogP contribution in [0.2, 0.25) is 0 Å². The van der Waals surface area contributed by atoms with Crippen LogP contribution in [0.1, 0.15) is 0 Å². The van der Waals surface area contributed by atoms with Gasteiger partial charge in [-0.3, -0.25) is 0 Å². The third-order valence-electron chi connectivity index (χ3n) is 1.42. The van der Waals surface area contributed by atoms with Gasteiger partial charge in [0.15, 0.2) is 0 Å². The highest BCUT2D eigenvalue weighted by Crippen LogP contribution is 2.25. The number of rotatable bonds is 3. The van der Waals surface area contributed by atoms with Crippen LogP contribution in [0.4, 0.5) is 11.4 Å². The lowest BCUT2D eigenvalue weighted by molar-refractivity contribution is 0.598. The number of primary sulfonamides is 1. The quantitative estimate of drug-likeness (QED) is 0.759. The van der Waals surface area contributed by atoms with E-state index in [1.54, 1.807) is 0 Å². The van der Waals surface area contributed by atoms with Gasteiger partial charge in [-0.15, -0.1) is 9.81 Å². The van der Waals surface area contributed by atoms with Gasteiger partial charge in [0.25, 0.3) is 0 Å². The maximum absolute atomic E-state index is 10.9. The molecule has 0 spiro atoms. The van der Waals surface area contributed by atoms with Gasteiger partial charge in [0, 0.05) is 0 Å². The monoisotopic (exact) mass is 215 g/mol. The second-order valence-corrected chi connectivity index (χ2v) is 3.97. The van der Waals surface area contributed by atoms with E-state index < -0.39 is 10.0 Å². The fraction of sp³-hybridized carbons (Fsp3) is 0. The summed E-state index contributed by atoms with van der Waals surface area (Å²) in [6.07, 6.45) is 0. The fourth-order valence-electron chi connectivity index (χ4n) is 0.838. The van der Waals surface area contributed by atoms with E-state index in [0.717, 1.165) is 18.2 Å². The predicted molar refractivity (Wildman–Crippen MR) is 48.7 cm³/mol. The van der Waals surface area contributed by atoms with E-state index in [-0.39, 0.29) is 16.3 Å². The number of hydrogen-bond acceptors (Lipinski definition) is 6. The van der Waals surface area contributed by atoms with Crippen LogP contribution >= 0.6 is 0 Å². The molecule has 1 aromatic rings. The summed E-state index contributed by atoms with van der Waals surface area (Å²) in [5.41, 5.74) is -0.433. The summed E-state index contributed by atoms with van der Waals surface area (Å²) >= 11 is 0. The summed E-state index contributed by atoms with van der Waals surface area (Å²) in [6.45, 7) is 0. The molecule has 0 saturated carbocycles. The maximum atomic E-state index is 10.9. The number of nitrogens with zero attached hydrogens (tertiary/aromatic N) is 2. The minimum absolute atomic E-state index is 0.217. The third kappa shape index (κ3) is 2.18. The van der Waals surface area contributed by atoms with E-state index in [1.165, 1.54) is 0 Å². The first-order chi connectivity index (χ1) is 6.47. The average Bonchev–Trinajstić information content (AvgIpc) is 2.15. The number of nitroso groups, excluding NO2 is 2. The fourth-order valence-corrected chi connectivity index (χ4v) is 1.41. The lowest BCUT2D eigenvalue weighted by Crippen LogP contribution is -2.11. The Labute approximate surface area is 78.9 Å². The molecule has 1 rings (SSSR count). The Hall–Kier alpha value is -1.67. The lowest BCUT2D eigenvalue weighted by Gasteiger charge is -1.98. The van der Waals surface area contributed by atoms with Crippen molar-refractivity contribution < 1.29 is 8.42 Å². The molecule has 0 unspecified atom stereocenters. The maximum Gasteiger partial charge on any atom is 0.238 e. The van der Waals surface area contributed by atoms with Crippen molar-refractivity contribution in [3.05, 3.63) is 28.0 Å². The van der Waals surface area contributed by atoms with Crippen molar-refractivity contribution in [1.82, 2.24) is 0 Å². The zero-order chi connectivity index (χ0) is 10.8. The van der Waals surface area contributed by atoms with Crippen LogP contribution in [-0.4, -0.2) is 8.42 Å². The van der Waals surface area contributed by atoms with Gasteiger partial charge in [-0.2, -0.15) is 0 Å². The van der Waals surface area contributed by atoms with Crippen molar-refractivity contribution in [2.45, 2.75) is 4.90 Å². The van der Waals surface area contributed by atoms with Crippen LogP contribution in [-0.2, 0) is 10.0 Å². The standard InChI is InChI=1S/C6H5N3O4S/c7-14(12,13)6-2-4(8-10)1-5(3-6)9-11/h1-3H,(H2,7,12,13). The summed E-state index contributed by atoms with van der Waals surface area (Å²) in [5.74, 6) is 0. The van der Waals surface area contributed by atoms with Crippen LogP contribution in [0.5, 0.6) is 0 Å². The highest BCUT2D eigenvalue weighted by Gasteiger charge is 2.11.